The molecular formula is C20H29N5O2. The molecule has 146 valence electrons. The maximum Gasteiger partial charge on any atom is 0.317 e. The van der Waals surface area contributed by atoms with Crippen molar-refractivity contribution in [2.75, 3.05) is 50.7 Å². The number of carbonyl (C=O) groups excluding carboxylic acids is 2. The Labute approximate surface area is 160 Å². The minimum atomic E-state index is 0.0232. The second-order valence-electron chi connectivity index (χ2n) is 7.93. The first-order valence-electron chi connectivity index (χ1n) is 10.2. The highest BCUT2D eigenvalue weighted by molar-refractivity contribution is 5.81. The van der Waals surface area contributed by atoms with Crippen LogP contribution in [0.5, 0.6) is 0 Å². The number of likely N-dealkylation sites (tertiary alicyclic amines) is 1. The lowest BCUT2D eigenvalue weighted by Gasteiger charge is -2.37. The first kappa shape index (κ1) is 18.1. The maximum absolute atomic E-state index is 12.5. The minimum Gasteiger partial charge on any atom is -0.368 e. The predicted octanol–water partition coefficient (Wildman–Crippen LogP) is 1.56. The van der Waals surface area contributed by atoms with Crippen LogP contribution in [-0.2, 0) is 4.79 Å². The second-order valence-corrected chi connectivity index (χ2v) is 7.93. The van der Waals surface area contributed by atoms with E-state index in [0.717, 1.165) is 70.6 Å². The smallest absolute Gasteiger partial charge is 0.317 e. The average Bonchev–Trinajstić information content (AvgIpc) is 3.58. The number of rotatable bonds is 4. The van der Waals surface area contributed by atoms with Crippen LogP contribution in [0.4, 0.5) is 10.5 Å². The van der Waals surface area contributed by atoms with E-state index in [9.17, 15) is 9.59 Å². The SMILES string of the molecule is O=C(NC[C@H]1CCCN(C(=O)C2CC2)C1)N1CCN(c2ccncc2)CC1. The summed E-state index contributed by atoms with van der Waals surface area (Å²) < 4.78 is 0. The summed E-state index contributed by atoms with van der Waals surface area (Å²) in [5.41, 5.74) is 1.16. The molecule has 0 bridgehead atoms. The first-order valence-corrected chi connectivity index (χ1v) is 10.2. The summed E-state index contributed by atoms with van der Waals surface area (Å²) in [7, 11) is 0. The number of pyridine rings is 1. The van der Waals surface area contributed by atoms with Crippen LogP contribution in [-0.4, -0.2) is 72.5 Å². The Morgan fingerprint density at radius 2 is 1.74 bits per heavy atom. The Morgan fingerprint density at radius 1 is 1.00 bits per heavy atom. The molecule has 0 unspecified atom stereocenters. The zero-order valence-electron chi connectivity index (χ0n) is 15.8. The lowest BCUT2D eigenvalue weighted by atomic mass is 9.97. The van der Waals surface area contributed by atoms with Gasteiger partial charge in [0.25, 0.3) is 0 Å². The largest absolute Gasteiger partial charge is 0.368 e. The third kappa shape index (κ3) is 4.51. The third-order valence-corrected chi connectivity index (χ3v) is 5.89. The van der Waals surface area contributed by atoms with E-state index in [0.29, 0.717) is 18.4 Å². The van der Waals surface area contributed by atoms with E-state index in [1.807, 2.05) is 21.9 Å². The van der Waals surface area contributed by atoms with E-state index < -0.39 is 0 Å². The zero-order valence-corrected chi connectivity index (χ0v) is 15.8. The number of anilines is 1. The average molecular weight is 371 g/mol. The molecule has 27 heavy (non-hydrogen) atoms. The second kappa shape index (κ2) is 8.15. The number of amides is 3. The monoisotopic (exact) mass is 371 g/mol. The van der Waals surface area contributed by atoms with E-state index in [4.69, 9.17) is 0 Å². The summed E-state index contributed by atoms with van der Waals surface area (Å²) in [5.74, 6) is 0.997. The van der Waals surface area contributed by atoms with E-state index in [1.165, 1.54) is 0 Å². The van der Waals surface area contributed by atoms with Gasteiger partial charge in [0.05, 0.1) is 0 Å². The van der Waals surface area contributed by atoms with Crippen molar-refractivity contribution in [1.82, 2.24) is 20.1 Å². The molecule has 2 saturated heterocycles. The highest BCUT2D eigenvalue weighted by Crippen LogP contribution is 2.32. The van der Waals surface area contributed by atoms with Gasteiger partial charge in [-0.3, -0.25) is 9.78 Å². The van der Waals surface area contributed by atoms with E-state index in [-0.39, 0.29) is 11.9 Å². The fourth-order valence-corrected chi connectivity index (χ4v) is 4.09. The number of nitrogens with one attached hydrogen (secondary N) is 1. The van der Waals surface area contributed by atoms with Crippen LogP contribution < -0.4 is 10.2 Å². The number of piperazine rings is 1. The maximum atomic E-state index is 12.5. The summed E-state index contributed by atoms with van der Waals surface area (Å²) in [5, 5.41) is 3.10. The van der Waals surface area contributed by atoms with Crippen molar-refractivity contribution < 1.29 is 9.59 Å². The Hall–Kier alpha value is -2.31. The molecule has 3 fully saturated rings. The van der Waals surface area contributed by atoms with Crippen molar-refractivity contribution in [1.29, 1.82) is 0 Å². The Kier molecular flexibility index (Phi) is 5.45. The van der Waals surface area contributed by atoms with Crippen LogP contribution in [0.25, 0.3) is 0 Å². The van der Waals surface area contributed by atoms with Crippen LogP contribution in [0.1, 0.15) is 25.7 Å². The van der Waals surface area contributed by atoms with E-state index in [1.54, 1.807) is 12.4 Å². The van der Waals surface area contributed by atoms with Crippen molar-refractivity contribution in [2.45, 2.75) is 25.7 Å². The molecule has 1 aromatic rings. The van der Waals surface area contributed by atoms with Gasteiger partial charge < -0.3 is 20.0 Å². The number of hydrogen-bond acceptors (Lipinski definition) is 4. The summed E-state index contributed by atoms with van der Waals surface area (Å²) in [6.07, 6.45) is 7.85. The molecule has 0 radical (unpaired) electrons. The van der Waals surface area contributed by atoms with Crippen molar-refractivity contribution >= 4 is 17.6 Å². The van der Waals surface area contributed by atoms with Gasteiger partial charge in [0, 0.05) is 69.8 Å². The number of hydrogen-bond donors (Lipinski definition) is 1. The van der Waals surface area contributed by atoms with Crippen LogP contribution in [0, 0.1) is 11.8 Å². The van der Waals surface area contributed by atoms with Gasteiger partial charge in [-0.05, 0) is 43.7 Å². The number of nitrogens with zero attached hydrogens (tertiary/aromatic N) is 4. The summed E-state index contributed by atoms with van der Waals surface area (Å²) in [6.45, 7) is 5.48. The number of carbonyl (C=O) groups is 2. The van der Waals surface area contributed by atoms with Gasteiger partial charge in [0.1, 0.15) is 0 Å². The van der Waals surface area contributed by atoms with E-state index in [2.05, 4.69) is 15.2 Å². The highest BCUT2D eigenvalue weighted by atomic mass is 16.2. The van der Waals surface area contributed by atoms with Crippen molar-refractivity contribution in [3.8, 4) is 0 Å². The third-order valence-electron chi connectivity index (χ3n) is 5.89. The summed E-state index contributed by atoms with van der Waals surface area (Å²) >= 11 is 0. The van der Waals surface area contributed by atoms with Gasteiger partial charge in [-0.25, -0.2) is 4.79 Å². The molecule has 1 saturated carbocycles. The molecule has 2 aliphatic heterocycles. The molecule has 1 aliphatic carbocycles. The van der Waals surface area contributed by atoms with Gasteiger partial charge in [-0.15, -0.1) is 0 Å². The molecule has 1 aromatic heterocycles. The fourth-order valence-electron chi connectivity index (χ4n) is 4.09. The molecule has 0 spiro atoms. The van der Waals surface area contributed by atoms with Crippen molar-refractivity contribution in [2.24, 2.45) is 11.8 Å². The molecule has 3 heterocycles. The van der Waals surface area contributed by atoms with Crippen molar-refractivity contribution in [3.05, 3.63) is 24.5 Å². The lowest BCUT2D eigenvalue weighted by molar-refractivity contribution is -0.134. The Balaban J connectivity index is 1.20. The van der Waals surface area contributed by atoms with Gasteiger partial charge >= 0.3 is 6.03 Å². The van der Waals surface area contributed by atoms with Gasteiger partial charge in [-0.1, -0.05) is 0 Å². The van der Waals surface area contributed by atoms with Crippen LogP contribution in [0.3, 0.4) is 0 Å². The molecule has 3 aliphatic rings. The molecule has 1 atom stereocenters. The number of urea groups is 1. The summed E-state index contributed by atoms with van der Waals surface area (Å²) in [4.78, 5) is 35.0. The normalized spacial score (nSPS) is 23.3. The predicted molar refractivity (Wildman–Crippen MR) is 103 cm³/mol. The molecular weight excluding hydrogens is 342 g/mol. The molecule has 0 aromatic carbocycles. The van der Waals surface area contributed by atoms with Crippen LogP contribution in [0.2, 0.25) is 0 Å². The van der Waals surface area contributed by atoms with Crippen molar-refractivity contribution in [3.63, 3.8) is 0 Å². The summed E-state index contributed by atoms with van der Waals surface area (Å²) in [6, 6.07) is 4.04. The molecule has 4 rings (SSSR count). The highest BCUT2D eigenvalue weighted by Gasteiger charge is 2.35. The Bertz CT molecular complexity index is 656. The first-order chi connectivity index (χ1) is 13.2. The molecule has 7 heteroatoms. The zero-order chi connectivity index (χ0) is 18.6. The fraction of sp³-hybridized carbons (Fsp3) is 0.650. The van der Waals surface area contributed by atoms with Gasteiger partial charge in [-0.2, -0.15) is 0 Å². The Morgan fingerprint density at radius 3 is 2.44 bits per heavy atom. The topological polar surface area (TPSA) is 68.8 Å². The number of aromatic nitrogens is 1. The van der Waals surface area contributed by atoms with Crippen LogP contribution >= 0.6 is 0 Å². The lowest BCUT2D eigenvalue weighted by Crippen LogP contribution is -2.53. The number of piperidine rings is 1. The molecule has 7 nitrogen and oxygen atoms in total. The van der Waals surface area contributed by atoms with Gasteiger partial charge in [0.2, 0.25) is 5.91 Å². The minimum absolute atomic E-state index is 0.0232. The standard InChI is InChI=1S/C20H29N5O2/c26-19(17-3-4-17)25-9-1-2-16(15-25)14-22-20(27)24-12-10-23(11-13-24)18-5-7-21-8-6-18/h5-8,16-17H,1-4,9-15H2,(H,22,27)/t16-/m1/s1. The van der Waals surface area contributed by atoms with E-state index >= 15 is 0 Å². The molecule has 1 N–H and O–H groups in total. The van der Waals surface area contributed by atoms with Crippen LogP contribution in [0.15, 0.2) is 24.5 Å². The van der Waals surface area contributed by atoms with Gasteiger partial charge in [0.15, 0.2) is 0 Å². The molecule has 3 amide bonds. The quantitative estimate of drug-likeness (QED) is 0.872.